The van der Waals surface area contributed by atoms with E-state index in [9.17, 15) is 34.8 Å². The molecular formula is C11H18N4O8. The molecule has 5 atom stereocenters. The lowest BCUT2D eigenvalue weighted by molar-refractivity contribution is -0.151. The highest BCUT2D eigenvalue weighted by Crippen LogP contribution is 2.12. The Balaban J connectivity index is 5.12. The normalized spacial score (nSPS) is 17.1. The van der Waals surface area contributed by atoms with Gasteiger partial charge in [0.2, 0.25) is 11.7 Å². The number of nitrogens with one attached hydrogen (secondary N) is 1. The van der Waals surface area contributed by atoms with Crippen LogP contribution in [0.2, 0.25) is 0 Å². The second-order valence-electron chi connectivity index (χ2n) is 4.69. The van der Waals surface area contributed by atoms with Gasteiger partial charge in [-0.25, -0.2) is 4.79 Å². The van der Waals surface area contributed by atoms with Gasteiger partial charge in [-0.15, -0.1) is 0 Å². The third kappa shape index (κ3) is 7.04. The van der Waals surface area contributed by atoms with Crippen LogP contribution in [0.25, 0.3) is 10.4 Å². The van der Waals surface area contributed by atoms with Gasteiger partial charge in [-0.05, 0) is 5.53 Å². The number of carboxylic acids is 1. The molecule has 0 aliphatic heterocycles. The van der Waals surface area contributed by atoms with Crippen molar-refractivity contribution in [3.05, 3.63) is 10.4 Å². The predicted molar refractivity (Wildman–Crippen MR) is 72.9 cm³/mol. The third-order valence-corrected chi connectivity index (χ3v) is 2.86. The van der Waals surface area contributed by atoms with E-state index in [0.29, 0.717) is 0 Å². The summed E-state index contributed by atoms with van der Waals surface area (Å²) in [5, 5.41) is 52.6. The summed E-state index contributed by atoms with van der Waals surface area (Å²) >= 11 is 0. The van der Waals surface area contributed by atoms with E-state index in [1.807, 2.05) is 0 Å². The molecule has 23 heavy (non-hydrogen) atoms. The molecule has 0 aliphatic rings. The van der Waals surface area contributed by atoms with Crippen molar-refractivity contribution < 1.29 is 39.9 Å². The minimum Gasteiger partial charge on any atom is -0.475 e. The zero-order valence-electron chi connectivity index (χ0n) is 12.1. The Morgan fingerprint density at radius 2 is 1.70 bits per heavy atom. The lowest BCUT2D eigenvalue weighted by Gasteiger charge is -2.32. The Hall–Kier alpha value is -2.24. The fraction of sp³-hybridized carbons (Fsp3) is 0.727. The van der Waals surface area contributed by atoms with Gasteiger partial charge in [0.1, 0.15) is 12.2 Å². The Bertz CT molecular complexity index is 492. The molecule has 1 amide bonds. The average Bonchev–Trinajstić information content (AvgIpc) is 2.48. The highest BCUT2D eigenvalue weighted by Gasteiger charge is 2.37. The summed E-state index contributed by atoms with van der Waals surface area (Å²) in [5.41, 5.74) is 8.12. The van der Waals surface area contributed by atoms with Crippen LogP contribution in [0.1, 0.15) is 13.3 Å². The van der Waals surface area contributed by atoms with Gasteiger partial charge in [0.15, 0.2) is 0 Å². The van der Waals surface area contributed by atoms with Gasteiger partial charge in [0.25, 0.3) is 0 Å². The number of carbonyl (C=O) groups excluding carboxylic acids is 2. The first-order valence-corrected chi connectivity index (χ1v) is 6.38. The molecule has 130 valence electrons. The molecule has 0 bridgehead atoms. The molecule has 6 N–H and O–H groups in total. The SMILES string of the molecule is CC(=O)NC(C(O)CC(=O)C(=O)O)C(O)C(O)C(O)CN=[N+]=[N-]. The number of aliphatic hydroxyl groups is 4. The number of hydrogen-bond donors (Lipinski definition) is 6. The van der Waals surface area contributed by atoms with Crippen LogP contribution in [0.5, 0.6) is 0 Å². The van der Waals surface area contributed by atoms with Gasteiger partial charge in [0, 0.05) is 18.3 Å². The largest absolute Gasteiger partial charge is 0.475 e. The summed E-state index contributed by atoms with van der Waals surface area (Å²) in [5.74, 6) is -3.93. The maximum atomic E-state index is 11.1. The molecule has 0 rings (SSSR count). The third-order valence-electron chi connectivity index (χ3n) is 2.86. The maximum Gasteiger partial charge on any atom is 0.372 e. The van der Waals surface area contributed by atoms with Crippen molar-refractivity contribution in [3.8, 4) is 0 Å². The summed E-state index contributed by atoms with van der Waals surface area (Å²) in [6.45, 7) is 0.430. The first kappa shape index (κ1) is 20.8. The van der Waals surface area contributed by atoms with E-state index in [0.717, 1.165) is 6.92 Å². The minimum atomic E-state index is -1.96. The Kier molecular flexibility index (Phi) is 8.77. The summed E-state index contributed by atoms with van der Waals surface area (Å²) < 4.78 is 0. The van der Waals surface area contributed by atoms with Crippen molar-refractivity contribution in [2.75, 3.05) is 6.54 Å². The van der Waals surface area contributed by atoms with Crippen molar-refractivity contribution >= 4 is 17.7 Å². The van der Waals surface area contributed by atoms with Crippen LogP contribution in [0.15, 0.2) is 5.11 Å². The standard InChI is InChI=1S/C11H18N4O8/c1-4(16)14-8(5(17)2-6(18)11(22)23)10(21)9(20)7(19)3-13-15-12/h5,7-10,17,19-21H,2-3H2,1H3,(H,14,16)(H,22,23). The van der Waals surface area contributed by atoms with E-state index in [2.05, 4.69) is 15.3 Å². The van der Waals surface area contributed by atoms with E-state index in [1.54, 1.807) is 0 Å². The maximum absolute atomic E-state index is 11.1. The molecule has 0 fully saturated rings. The molecule has 0 heterocycles. The number of hydrogen-bond acceptors (Lipinski definition) is 8. The second-order valence-corrected chi connectivity index (χ2v) is 4.69. The lowest BCUT2D eigenvalue weighted by Crippen LogP contribution is -2.57. The van der Waals surface area contributed by atoms with E-state index in [-0.39, 0.29) is 0 Å². The Labute approximate surface area is 130 Å². The van der Waals surface area contributed by atoms with Crippen molar-refractivity contribution in [2.45, 2.75) is 43.8 Å². The molecule has 0 saturated heterocycles. The molecule has 12 nitrogen and oxygen atoms in total. The zero-order valence-corrected chi connectivity index (χ0v) is 12.1. The van der Waals surface area contributed by atoms with E-state index < -0.39 is 61.1 Å². The minimum absolute atomic E-state index is 0.592. The van der Waals surface area contributed by atoms with Gasteiger partial charge in [0.05, 0.1) is 24.8 Å². The summed E-state index contributed by atoms with van der Waals surface area (Å²) in [6, 6.07) is -1.63. The average molecular weight is 334 g/mol. The molecule has 12 heteroatoms. The number of aliphatic hydroxyl groups excluding tert-OH is 4. The molecule has 0 spiro atoms. The zero-order chi connectivity index (χ0) is 18.2. The van der Waals surface area contributed by atoms with Crippen molar-refractivity contribution in [1.82, 2.24) is 5.32 Å². The fourth-order valence-electron chi connectivity index (χ4n) is 1.72. The van der Waals surface area contributed by atoms with Crippen LogP contribution >= 0.6 is 0 Å². The van der Waals surface area contributed by atoms with Crippen LogP contribution in [0.4, 0.5) is 0 Å². The summed E-state index contributed by atoms with van der Waals surface area (Å²) in [4.78, 5) is 35.0. The van der Waals surface area contributed by atoms with Crippen molar-refractivity contribution in [2.24, 2.45) is 5.11 Å². The van der Waals surface area contributed by atoms with Crippen molar-refractivity contribution in [1.29, 1.82) is 0 Å². The number of aliphatic carboxylic acids is 1. The number of carboxylic acid groups (broad SMARTS) is 1. The highest BCUT2D eigenvalue weighted by atomic mass is 16.4. The molecule has 0 aliphatic carbocycles. The predicted octanol–water partition coefficient (Wildman–Crippen LogP) is -2.71. The number of azide groups is 1. The molecular weight excluding hydrogens is 316 g/mol. The topological polar surface area (TPSA) is 213 Å². The molecule has 5 unspecified atom stereocenters. The number of carbonyl (C=O) groups is 3. The molecule has 0 aromatic carbocycles. The summed E-state index contributed by atoms with van der Waals surface area (Å²) in [7, 11) is 0. The molecule has 0 radical (unpaired) electrons. The number of nitrogens with zero attached hydrogens (tertiary/aromatic N) is 3. The van der Waals surface area contributed by atoms with Gasteiger partial charge in [-0.1, -0.05) is 5.11 Å². The van der Waals surface area contributed by atoms with Crippen molar-refractivity contribution in [3.63, 3.8) is 0 Å². The lowest BCUT2D eigenvalue weighted by atomic mass is 9.94. The number of rotatable bonds is 10. The first-order chi connectivity index (χ1) is 10.6. The molecule has 0 saturated carbocycles. The highest BCUT2D eigenvalue weighted by molar-refractivity contribution is 6.32. The second kappa shape index (κ2) is 9.71. The Morgan fingerprint density at radius 1 is 1.13 bits per heavy atom. The van der Waals surface area contributed by atoms with Crippen LogP contribution in [-0.2, 0) is 14.4 Å². The monoisotopic (exact) mass is 334 g/mol. The van der Waals surface area contributed by atoms with Gasteiger partial charge < -0.3 is 30.8 Å². The van der Waals surface area contributed by atoms with Gasteiger partial charge >= 0.3 is 5.97 Å². The van der Waals surface area contributed by atoms with E-state index >= 15 is 0 Å². The number of amides is 1. The van der Waals surface area contributed by atoms with E-state index in [4.69, 9.17) is 10.6 Å². The molecule has 0 aromatic heterocycles. The number of Topliss-reactive ketones (excluding diaryl/α,β-unsaturated/α-hetero) is 1. The summed E-state index contributed by atoms with van der Waals surface area (Å²) in [6.07, 6.45) is -8.37. The smallest absolute Gasteiger partial charge is 0.372 e. The van der Waals surface area contributed by atoms with Gasteiger partial charge in [-0.2, -0.15) is 0 Å². The van der Waals surface area contributed by atoms with Crippen LogP contribution < -0.4 is 5.32 Å². The fourth-order valence-corrected chi connectivity index (χ4v) is 1.72. The van der Waals surface area contributed by atoms with Gasteiger partial charge in [-0.3, -0.25) is 9.59 Å². The van der Waals surface area contributed by atoms with Crippen LogP contribution in [0.3, 0.4) is 0 Å². The first-order valence-electron chi connectivity index (χ1n) is 6.38. The van der Waals surface area contributed by atoms with Crippen LogP contribution in [-0.4, -0.2) is 80.2 Å². The van der Waals surface area contributed by atoms with Crippen LogP contribution in [0, 0.1) is 0 Å². The quantitative estimate of drug-likeness (QED) is 0.107. The Morgan fingerprint density at radius 3 is 2.13 bits per heavy atom. The van der Waals surface area contributed by atoms with E-state index in [1.165, 1.54) is 0 Å². The number of ketones is 1. The molecule has 0 aromatic rings.